The van der Waals surface area contributed by atoms with Crippen LogP contribution >= 0.6 is 0 Å². The van der Waals surface area contributed by atoms with Gasteiger partial charge in [-0.05, 0) is 26.2 Å². The van der Waals surface area contributed by atoms with Gasteiger partial charge in [-0.3, -0.25) is 0 Å². The Kier molecular flexibility index (Phi) is 4.38. The summed E-state index contributed by atoms with van der Waals surface area (Å²) in [7, 11) is -2.86. The van der Waals surface area contributed by atoms with Crippen molar-refractivity contribution in [3.05, 3.63) is 0 Å². The van der Waals surface area contributed by atoms with Crippen LogP contribution in [0, 0.1) is 0 Å². The quantitative estimate of drug-likeness (QED) is 0.779. The van der Waals surface area contributed by atoms with Gasteiger partial charge in [-0.25, -0.2) is 8.42 Å². The first kappa shape index (κ1) is 12.0. The second-order valence-electron chi connectivity index (χ2n) is 4.39. The first-order valence-electron chi connectivity index (χ1n) is 5.49. The zero-order valence-corrected chi connectivity index (χ0v) is 9.72. The Morgan fingerprint density at radius 1 is 1.29 bits per heavy atom. The molecule has 4 heteroatoms. The molecule has 1 atom stereocenters. The molecule has 1 aliphatic carbocycles. The maximum atomic E-state index is 11.8. The molecule has 0 aliphatic heterocycles. The average molecular weight is 219 g/mol. The van der Waals surface area contributed by atoms with E-state index < -0.39 is 9.84 Å². The van der Waals surface area contributed by atoms with Gasteiger partial charge in [-0.2, -0.15) is 0 Å². The van der Waals surface area contributed by atoms with Gasteiger partial charge < -0.3 is 5.73 Å². The highest BCUT2D eigenvalue weighted by Crippen LogP contribution is 2.24. The molecule has 0 spiro atoms. The van der Waals surface area contributed by atoms with Crippen molar-refractivity contribution in [2.75, 3.05) is 5.75 Å². The summed E-state index contributed by atoms with van der Waals surface area (Å²) in [6, 6.07) is -0.00614. The maximum absolute atomic E-state index is 11.8. The van der Waals surface area contributed by atoms with Crippen LogP contribution in [0.15, 0.2) is 0 Å². The normalized spacial score (nSPS) is 22.1. The van der Waals surface area contributed by atoms with Crippen LogP contribution in [0.5, 0.6) is 0 Å². The van der Waals surface area contributed by atoms with Crippen molar-refractivity contribution in [1.82, 2.24) is 0 Å². The highest BCUT2D eigenvalue weighted by Gasteiger charge is 2.26. The van der Waals surface area contributed by atoms with Crippen LogP contribution < -0.4 is 5.73 Å². The highest BCUT2D eigenvalue weighted by molar-refractivity contribution is 7.92. The molecule has 1 unspecified atom stereocenters. The third-order valence-corrected chi connectivity index (χ3v) is 5.21. The lowest BCUT2D eigenvalue weighted by Crippen LogP contribution is -2.29. The largest absolute Gasteiger partial charge is 0.328 e. The Morgan fingerprint density at radius 2 is 1.86 bits per heavy atom. The number of hydrogen-bond acceptors (Lipinski definition) is 3. The van der Waals surface area contributed by atoms with Crippen molar-refractivity contribution in [1.29, 1.82) is 0 Å². The Hall–Kier alpha value is -0.0900. The van der Waals surface area contributed by atoms with Gasteiger partial charge in [0, 0.05) is 6.04 Å². The molecule has 0 aromatic rings. The van der Waals surface area contributed by atoms with E-state index in [1.54, 1.807) is 0 Å². The fraction of sp³-hybridized carbons (Fsp3) is 1.00. The fourth-order valence-corrected chi connectivity index (χ4v) is 4.03. The van der Waals surface area contributed by atoms with E-state index in [1.165, 1.54) is 6.42 Å². The summed E-state index contributed by atoms with van der Waals surface area (Å²) in [5, 5.41) is -0.0741. The van der Waals surface area contributed by atoms with Crippen molar-refractivity contribution in [3.8, 4) is 0 Å². The van der Waals surface area contributed by atoms with Crippen molar-refractivity contribution in [2.24, 2.45) is 5.73 Å². The minimum atomic E-state index is -2.86. The van der Waals surface area contributed by atoms with Crippen LogP contribution in [-0.2, 0) is 9.84 Å². The molecule has 1 saturated carbocycles. The van der Waals surface area contributed by atoms with Gasteiger partial charge in [-0.1, -0.05) is 19.3 Å². The molecule has 0 aromatic heterocycles. The molecular weight excluding hydrogens is 198 g/mol. The Balaban J connectivity index is 2.46. The second kappa shape index (κ2) is 5.12. The molecule has 0 saturated heterocycles. The lowest BCUT2D eigenvalue weighted by Gasteiger charge is -2.22. The molecule has 1 rings (SSSR count). The SMILES string of the molecule is CC(N)CCS(=O)(=O)C1CCCCC1. The number of sulfone groups is 1. The van der Waals surface area contributed by atoms with E-state index in [0.717, 1.165) is 25.7 Å². The molecule has 2 N–H and O–H groups in total. The van der Waals surface area contributed by atoms with Gasteiger partial charge in [0.05, 0.1) is 11.0 Å². The molecule has 1 aliphatic rings. The van der Waals surface area contributed by atoms with Gasteiger partial charge in [0.2, 0.25) is 0 Å². The zero-order chi connectivity index (χ0) is 10.6. The molecule has 0 radical (unpaired) electrons. The van der Waals surface area contributed by atoms with Crippen molar-refractivity contribution in [2.45, 2.75) is 56.7 Å². The topological polar surface area (TPSA) is 60.2 Å². The van der Waals surface area contributed by atoms with Crippen LogP contribution in [0.1, 0.15) is 45.4 Å². The first-order valence-corrected chi connectivity index (χ1v) is 7.21. The van der Waals surface area contributed by atoms with Crippen molar-refractivity contribution >= 4 is 9.84 Å². The van der Waals surface area contributed by atoms with Crippen LogP contribution in [-0.4, -0.2) is 25.5 Å². The summed E-state index contributed by atoms with van der Waals surface area (Å²) >= 11 is 0. The summed E-state index contributed by atoms with van der Waals surface area (Å²) in [5.41, 5.74) is 5.56. The van der Waals surface area contributed by atoms with Crippen LogP contribution in [0.3, 0.4) is 0 Å². The smallest absolute Gasteiger partial charge is 0.153 e. The van der Waals surface area contributed by atoms with Gasteiger partial charge in [0.25, 0.3) is 0 Å². The summed E-state index contributed by atoms with van der Waals surface area (Å²) in [4.78, 5) is 0. The minimum absolute atomic E-state index is 0.00614. The summed E-state index contributed by atoms with van der Waals surface area (Å²) < 4.78 is 23.7. The highest BCUT2D eigenvalue weighted by atomic mass is 32.2. The van der Waals surface area contributed by atoms with E-state index in [-0.39, 0.29) is 17.0 Å². The maximum Gasteiger partial charge on any atom is 0.153 e. The second-order valence-corrected chi connectivity index (χ2v) is 6.79. The zero-order valence-electron chi connectivity index (χ0n) is 8.91. The lowest BCUT2D eigenvalue weighted by atomic mass is 10.0. The summed E-state index contributed by atoms with van der Waals surface area (Å²) in [6.45, 7) is 1.86. The summed E-state index contributed by atoms with van der Waals surface area (Å²) in [6.07, 6.45) is 5.66. The Labute approximate surface area is 87.0 Å². The van der Waals surface area contributed by atoms with E-state index >= 15 is 0 Å². The predicted octanol–water partition coefficient (Wildman–Crippen LogP) is 1.47. The third kappa shape index (κ3) is 3.58. The van der Waals surface area contributed by atoms with Gasteiger partial charge in [0.15, 0.2) is 9.84 Å². The van der Waals surface area contributed by atoms with E-state index in [1.807, 2.05) is 6.92 Å². The molecule has 84 valence electrons. The molecular formula is C10H21NO2S. The van der Waals surface area contributed by atoms with Crippen LogP contribution in [0.2, 0.25) is 0 Å². The summed E-state index contributed by atoms with van der Waals surface area (Å²) in [5.74, 6) is 0.273. The van der Waals surface area contributed by atoms with Gasteiger partial charge >= 0.3 is 0 Å². The molecule has 14 heavy (non-hydrogen) atoms. The van der Waals surface area contributed by atoms with Gasteiger partial charge in [0.1, 0.15) is 0 Å². The first-order chi connectivity index (χ1) is 6.52. The third-order valence-electron chi connectivity index (χ3n) is 2.92. The van der Waals surface area contributed by atoms with Crippen molar-refractivity contribution < 1.29 is 8.42 Å². The molecule has 1 fully saturated rings. The Morgan fingerprint density at radius 3 is 2.36 bits per heavy atom. The molecule has 0 aromatic carbocycles. The molecule has 0 amide bonds. The number of hydrogen-bond donors (Lipinski definition) is 1. The standard InChI is InChI=1S/C10H21NO2S/c1-9(11)7-8-14(12,13)10-5-3-2-4-6-10/h9-10H,2-8,11H2,1H3. The Bertz CT molecular complexity index is 253. The number of nitrogens with two attached hydrogens (primary N) is 1. The molecule has 3 nitrogen and oxygen atoms in total. The van der Waals surface area contributed by atoms with E-state index in [4.69, 9.17) is 5.73 Å². The lowest BCUT2D eigenvalue weighted by molar-refractivity contribution is 0.482. The fourth-order valence-electron chi connectivity index (χ4n) is 1.94. The van der Waals surface area contributed by atoms with E-state index in [2.05, 4.69) is 0 Å². The molecule has 0 bridgehead atoms. The van der Waals surface area contributed by atoms with E-state index in [9.17, 15) is 8.42 Å². The van der Waals surface area contributed by atoms with Crippen molar-refractivity contribution in [3.63, 3.8) is 0 Å². The monoisotopic (exact) mass is 219 g/mol. The molecule has 0 heterocycles. The average Bonchev–Trinajstić information content (AvgIpc) is 2.16. The van der Waals surface area contributed by atoms with Crippen LogP contribution in [0.25, 0.3) is 0 Å². The van der Waals surface area contributed by atoms with Crippen LogP contribution in [0.4, 0.5) is 0 Å². The predicted molar refractivity (Wildman–Crippen MR) is 58.9 cm³/mol. The number of rotatable bonds is 4. The van der Waals surface area contributed by atoms with Gasteiger partial charge in [-0.15, -0.1) is 0 Å². The minimum Gasteiger partial charge on any atom is -0.328 e. The van der Waals surface area contributed by atoms with E-state index in [0.29, 0.717) is 6.42 Å².